The highest BCUT2D eigenvalue weighted by molar-refractivity contribution is 7.89. The maximum atomic E-state index is 13.6. The van der Waals surface area contributed by atoms with E-state index in [0.29, 0.717) is 31.2 Å². The topological polar surface area (TPSA) is 94.4 Å². The van der Waals surface area contributed by atoms with Crippen LogP contribution in [0.1, 0.15) is 26.5 Å². The highest BCUT2D eigenvalue weighted by Gasteiger charge is 2.34. The number of piperazine rings is 2. The molecule has 5 rings (SSSR count). The van der Waals surface area contributed by atoms with E-state index in [9.17, 15) is 18.0 Å². The zero-order chi connectivity index (χ0) is 28.6. The smallest absolute Gasteiger partial charge is 0.289 e. The van der Waals surface area contributed by atoms with E-state index in [4.69, 9.17) is 39.2 Å². The molecule has 0 N–H and O–H groups in total. The second-order valence-electron chi connectivity index (χ2n) is 9.65. The number of furan rings is 1. The number of nitrogens with zero attached hydrogens (tertiary/aromatic N) is 4. The average Bonchev–Trinajstić information content (AvgIpc) is 3.49. The summed E-state index contributed by atoms with van der Waals surface area (Å²) in [5.41, 5.74) is 2.18. The zero-order valence-corrected chi connectivity index (χ0v) is 24.7. The molecule has 2 fully saturated rings. The second kappa shape index (κ2) is 11.6. The molecule has 2 aromatic carbocycles. The first-order valence-corrected chi connectivity index (χ1v) is 15.3. The van der Waals surface area contributed by atoms with Crippen molar-refractivity contribution in [3.63, 3.8) is 0 Å². The van der Waals surface area contributed by atoms with Gasteiger partial charge in [0.25, 0.3) is 11.8 Å². The minimum absolute atomic E-state index is 0.0713. The summed E-state index contributed by atoms with van der Waals surface area (Å²) in [6, 6.07) is 11.5. The van der Waals surface area contributed by atoms with Crippen molar-refractivity contribution in [2.45, 2.75) is 11.8 Å². The van der Waals surface area contributed by atoms with Crippen LogP contribution in [0, 0.1) is 6.92 Å². The Kier molecular flexibility index (Phi) is 8.35. The summed E-state index contributed by atoms with van der Waals surface area (Å²) in [5.74, 6) is -0.469. The summed E-state index contributed by atoms with van der Waals surface area (Å²) in [6.45, 7) is 4.56. The number of sulfonamides is 1. The monoisotopic (exact) mass is 624 g/mol. The number of hydrogen-bond acceptors (Lipinski definition) is 6. The first kappa shape index (κ1) is 28.8. The Labute approximate surface area is 247 Å². The molecule has 0 spiro atoms. The predicted molar refractivity (Wildman–Crippen MR) is 154 cm³/mol. The first-order chi connectivity index (χ1) is 19.1. The third-order valence-corrected chi connectivity index (χ3v) is 10.1. The van der Waals surface area contributed by atoms with Gasteiger partial charge in [-0.2, -0.15) is 4.31 Å². The van der Waals surface area contributed by atoms with Gasteiger partial charge in [0, 0.05) is 63.1 Å². The van der Waals surface area contributed by atoms with E-state index in [1.54, 1.807) is 17.0 Å². The van der Waals surface area contributed by atoms with Gasteiger partial charge in [0.15, 0.2) is 5.76 Å². The lowest BCUT2D eigenvalue weighted by Gasteiger charge is -2.37. The molecular formula is C27H27Cl3N4O5S. The number of anilines is 1. The Morgan fingerprint density at radius 3 is 2.10 bits per heavy atom. The third-order valence-electron chi connectivity index (χ3n) is 7.21. The first-order valence-electron chi connectivity index (χ1n) is 12.7. The van der Waals surface area contributed by atoms with Gasteiger partial charge in [-0.05, 0) is 48.9 Å². The Balaban J connectivity index is 1.29. The molecule has 9 nitrogen and oxygen atoms in total. The summed E-state index contributed by atoms with van der Waals surface area (Å²) in [7, 11) is -4.06. The van der Waals surface area contributed by atoms with Crippen LogP contribution in [0.25, 0.3) is 0 Å². The van der Waals surface area contributed by atoms with Gasteiger partial charge in [0.05, 0.1) is 21.9 Å². The maximum absolute atomic E-state index is 13.6. The number of rotatable bonds is 5. The molecule has 0 radical (unpaired) electrons. The Bertz CT molecular complexity index is 1530. The molecule has 2 aliphatic rings. The van der Waals surface area contributed by atoms with Crippen LogP contribution in [0.4, 0.5) is 5.69 Å². The van der Waals surface area contributed by atoms with Crippen LogP contribution in [-0.2, 0) is 10.0 Å². The predicted octanol–water partition coefficient (Wildman–Crippen LogP) is 4.66. The van der Waals surface area contributed by atoms with Crippen molar-refractivity contribution in [3.8, 4) is 0 Å². The molecule has 212 valence electrons. The molecule has 3 heterocycles. The van der Waals surface area contributed by atoms with E-state index in [0.717, 1.165) is 11.3 Å². The summed E-state index contributed by atoms with van der Waals surface area (Å²) in [6.07, 6.45) is 1.41. The molecule has 40 heavy (non-hydrogen) atoms. The number of aryl methyl sites for hydroxylation is 1. The molecule has 3 aromatic rings. The van der Waals surface area contributed by atoms with Crippen molar-refractivity contribution in [2.24, 2.45) is 0 Å². The molecule has 0 bridgehead atoms. The highest BCUT2D eigenvalue weighted by atomic mass is 35.5. The van der Waals surface area contributed by atoms with Crippen LogP contribution in [0.2, 0.25) is 15.1 Å². The largest absolute Gasteiger partial charge is 0.459 e. The van der Waals surface area contributed by atoms with Crippen LogP contribution < -0.4 is 4.90 Å². The van der Waals surface area contributed by atoms with Crippen LogP contribution in [0.3, 0.4) is 0 Å². The fourth-order valence-electron chi connectivity index (χ4n) is 4.96. The molecule has 13 heteroatoms. The molecule has 0 atom stereocenters. The summed E-state index contributed by atoms with van der Waals surface area (Å²) in [4.78, 5) is 31.2. The third kappa shape index (κ3) is 5.69. The average molecular weight is 626 g/mol. The minimum Gasteiger partial charge on any atom is -0.459 e. The van der Waals surface area contributed by atoms with Crippen LogP contribution >= 0.6 is 34.8 Å². The van der Waals surface area contributed by atoms with Gasteiger partial charge in [-0.3, -0.25) is 9.59 Å². The van der Waals surface area contributed by atoms with Crippen molar-refractivity contribution in [3.05, 3.63) is 80.7 Å². The van der Waals surface area contributed by atoms with Crippen molar-refractivity contribution in [2.75, 3.05) is 57.3 Å². The number of amides is 2. The quantitative estimate of drug-likeness (QED) is 0.410. The minimum atomic E-state index is -4.06. The number of carbonyl (C=O) groups excluding carboxylic acids is 2. The van der Waals surface area contributed by atoms with E-state index < -0.39 is 10.0 Å². The fraction of sp³-hybridized carbons (Fsp3) is 0.333. The van der Waals surface area contributed by atoms with Gasteiger partial charge in [-0.25, -0.2) is 8.42 Å². The molecule has 0 saturated carbocycles. The van der Waals surface area contributed by atoms with Crippen LogP contribution in [-0.4, -0.2) is 86.7 Å². The molecule has 2 saturated heterocycles. The molecule has 0 unspecified atom stereocenters. The van der Waals surface area contributed by atoms with Crippen molar-refractivity contribution < 1.29 is 22.4 Å². The SMILES string of the molecule is Cc1ccc(Cl)cc1N1CCN(C(=O)c2cc(S(=O)(=O)N3CCN(C(=O)c4ccco4)CC3)c(Cl)cc2Cl)CC1. The second-order valence-corrected chi connectivity index (χ2v) is 12.8. The van der Waals surface area contributed by atoms with Crippen molar-refractivity contribution in [1.82, 2.24) is 14.1 Å². The van der Waals surface area contributed by atoms with Crippen LogP contribution in [0.5, 0.6) is 0 Å². The van der Waals surface area contributed by atoms with Gasteiger partial charge < -0.3 is 19.1 Å². The van der Waals surface area contributed by atoms with Crippen LogP contribution in [0.15, 0.2) is 58.0 Å². The lowest BCUT2D eigenvalue weighted by Crippen LogP contribution is -2.50. The van der Waals surface area contributed by atoms with Gasteiger partial charge in [0.1, 0.15) is 4.90 Å². The van der Waals surface area contributed by atoms with Crippen molar-refractivity contribution in [1.29, 1.82) is 0 Å². The summed E-state index contributed by atoms with van der Waals surface area (Å²) >= 11 is 18.9. The van der Waals surface area contributed by atoms with E-state index in [-0.39, 0.29) is 64.3 Å². The normalized spacial score (nSPS) is 16.9. The Morgan fingerprint density at radius 2 is 1.45 bits per heavy atom. The number of hydrogen-bond donors (Lipinski definition) is 0. The molecule has 2 aliphatic heterocycles. The Hall–Kier alpha value is -2.76. The molecular weight excluding hydrogens is 599 g/mol. The van der Waals surface area contributed by atoms with Gasteiger partial charge in [-0.15, -0.1) is 0 Å². The van der Waals surface area contributed by atoms with Crippen molar-refractivity contribution >= 4 is 62.3 Å². The van der Waals surface area contributed by atoms with E-state index in [1.165, 1.54) is 27.6 Å². The van der Waals surface area contributed by atoms with Gasteiger partial charge in [0.2, 0.25) is 10.0 Å². The van der Waals surface area contributed by atoms with E-state index in [1.807, 2.05) is 25.1 Å². The van der Waals surface area contributed by atoms with Gasteiger partial charge >= 0.3 is 0 Å². The van der Waals surface area contributed by atoms with E-state index >= 15 is 0 Å². The lowest BCUT2D eigenvalue weighted by molar-refractivity contribution is 0.0665. The molecule has 2 amide bonds. The Morgan fingerprint density at radius 1 is 0.800 bits per heavy atom. The standard InChI is InChI=1S/C27H27Cl3N4O5S/c1-18-4-5-19(28)15-23(18)31-6-8-32(9-7-31)26(35)20-16-25(22(30)17-21(20)29)40(37,38)34-12-10-33(11-13-34)27(36)24-3-2-14-39-24/h2-5,14-17H,6-13H2,1H3. The van der Waals surface area contributed by atoms with Gasteiger partial charge in [-0.1, -0.05) is 40.9 Å². The van der Waals surface area contributed by atoms with E-state index in [2.05, 4.69) is 4.90 Å². The highest BCUT2D eigenvalue weighted by Crippen LogP contribution is 2.33. The number of benzene rings is 2. The maximum Gasteiger partial charge on any atom is 0.289 e. The molecule has 1 aromatic heterocycles. The summed E-state index contributed by atoms with van der Waals surface area (Å²) in [5, 5.41) is 0.652. The summed E-state index contributed by atoms with van der Waals surface area (Å²) < 4.78 is 33.6. The zero-order valence-electron chi connectivity index (χ0n) is 21.6. The fourth-order valence-corrected chi connectivity index (χ4v) is 7.38. The number of halogens is 3. The number of carbonyl (C=O) groups is 2. The lowest BCUT2D eigenvalue weighted by atomic mass is 10.1. The molecule has 0 aliphatic carbocycles.